The van der Waals surface area contributed by atoms with Crippen LogP contribution in [0.5, 0.6) is 0 Å². The molecule has 106 valence electrons. The molecule has 6 heteroatoms. The van der Waals surface area contributed by atoms with Crippen LogP contribution in [0.3, 0.4) is 0 Å². The van der Waals surface area contributed by atoms with Gasteiger partial charge in [-0.3, -0.25) is 0 Å². The molecule has 1 saturated carbocycles. The highest BCUT2D eigenvalue weighted by atomic mass is 32.2. The third-order valence-electron chi connectivity index (χ3n) is 3.63. The predicted octanol–water partition coefficient (Wildman–Crippen LogP) is 2.10. The van der Waals surface area contributed by atoms with Crippen molar-refractivity contribution in [1.82, 2.24) is 14.3 Å². The molecule has 1 aromatic heterocycles. The van der Waals surface area contributed by atoms with Crippen LogP contribution in [0.1, 0.15) is 24.4 Å². The quantitative estimate of drug-likeness (QED) is 0.938. The van der Waals surface area contributed by atoms with Crippen molar-refractivity contribution < 1.29 is 8.42 Å². The molecule has 1 aromatic carbocycles. The molecule has 0 aliphatic heterocycles. The summed E-state index contributed by atoms with van der Waals surface area (Å²) < 4.78 is 28.2. The van der Waals surface area contributed by atoms with Crippen molar-refractivity contribution in [3.05, 3.63) is 36.3 Å². The van der Waals surface area contributed by atoms with E-state index >= 15 is 0 Å². The van der Waals surface area contributed by atoms with Crippen molar-refractivity contribution in [2.24, 2.45) is 0 Å². The van der Waals surface area contributed by atoms with Gasteiger partial charge >= 0.3 is 0 Å². The van der Waals surface area contributed by atoms with Gasteiger partial charge in [0.05, 0.1) is 16.9 Å². The number of rotatable bonds is 4. The second kappa shape index (κ2) is 4.71. The third-order valence-corrected chi connectivity index (χ3v) is 5.05. The van der Waals surface area contributed by atoms with Gasteiger partial charge in [-0.1, -0.05) is 6.07 Å². The number of aryl methyl sites for hydroxylation is 1. The molecule has 1 N–H and O–H groups in total. The molecule has 2 aromatic rings. The lowest BCUT2D eigenvalue weighted by Crippen LogP contribution is -2.18. The van der Waals surface area contributed by atoms with Crippen molar-refractivity contribution in [2.75, 3.05) is 7.05 Å². The monoisotopic (exact) mass is 291 g/mol. The fourth-order valence-corrected chi connectivity index (χ4v) is 2.97. The van der Waals surface area contributed by atoms with E-state index in [2.05, 4.69) is 14.3 Å². The summed E-state index contributed by atoms with van der Waals surface area (Å²) in [6.07, 6.45) is 6.22. The normalized spacial score (nSPS) is 15.5. The maximum Gasteiger partial charge on any atom is 0.240 e. The maximum atomic E-state index is 11.9. The molecule has 1 aliphatic rings. The van der Waals surface area contributed by atoms with Gasteiger partial charge < -0.3 is 4.57 Å². The van der Waals surface area contributed by atoms with Crippen LogP contribution in [0.15, 0.2) is 35.6 Å². The van der Waals surface area contributed by atoms with E-state index in [1.165, 1.54) is 19.9 Å². The van der Waals surface area contributed by atoms with Gasteiger partial charge in [-0.05, 0) is 44.5 Å². The Bertz CT molecular complexity index is 746. The Morgan fingerprint density at radius 1 is 1.35 bits per heavy atom. The van der Waals surface area contributed by atoms with Crippen LogP contribution in [0, 0.1) is 6.92 Å². The Hall–Kier alpha value is -1.66. The summed E-state index contributed by atoms with van der Waals surface area (Å²) in [7, 11) is -2.01. The van der Waals surface area contributed by atoms with Crippen molar-refractivity contribution in [2.45, 2.75) is 30.7 Å². The highest BCUT2D eigenvalue weighted by Crippen LogP contribution is 2.36. The van der Waals surface area contributed by atoms with E-state index in [0.29, 0.717) is 6.04 Å². The number of nitrogens with zero attached hydrogens (tertiary/aromatic N) is 2. The average Bonchev–Trinajstić information content (AvgIpc) is 3.17. The lowest BCUT2D eigenvalue weighted by molar-refractivity contribution is 0.588. The second-order valence-corrected chi connectivity index (χ2v) is 7.01. The summed E-state index contributed by atoms with van der Waals surface area (Å²) in [6.45, 7) is 1.96. The standard InChI is InChI=1S/C14H17N3O2S/c1-10-3-6-12(20(18,19)15-2)7-13(10)14-8-17(9-16-14)11-4-5-11/h3,6-9,11,15H,4-5H2,1-2H3. The fourth-order valence-electron chi connectivity index (χ4n) is 2.21. The Morgan fingerprint density at radius 2 is 2.10 bits per heavy atom. The molecule has 1 fully saturated rings. The predicted molar refractivity (Wildman–Crippen MR) is 76.9 cm³/mol. The second-order valence-electron chi connectivity index (χ2n) is 5.12. The first-order valence-electron chi connectivity index (χ1n) is 6.59. The Kier molecular flexibility index (Phi) is 3.14. The molecule has 20 heavy (non-hydrogen) atoms. The molecule has 1 aliphatic carbocycles. The molecule has 0 amide bonds. The molecular formula is C14H17N3O2S. The van der Waals surface area contributed by atoms with Crippen molar-refractivity contribution >= 4 is 10.0 Å². The highest BCUT2D eigenvalue weighted by molar-refractivity contribution is 7.89. The average molecular weight is 291 g/mol. The van der Waals surface area contributed by atoms with Crippen molar-refractivity contribution in [1.29, 1.82) is 0 Å². The van der Waals surface area contributed by atoms with Crippen LogP contribution in [0.4, 0.5) is 0 Å². The molecule has 0 atom stereocenters. The molecule has 0 saturated heterocycles. The van der Waals surface area contributed by atoms with Crippen LogP contribution in [-0.2, 0) is 10.0 Å². The molecule has 0 radical (unpaired) electrons. The van der Waals surface area contributed by atoms with E-state index in [1.54, 1.807) is 12.1 Å². The van der Waals surface area contributed by atoms with E-state index in [-0.39, 0.29) is 4.90 Å². The van der Waals surface area contributed by atoms with E-state index in [9.17, 15) is 8.42 Å². The first-order chi connectivity index (χ1) is 9.51. The summed E-state index contributed by atoms with van der Waals surface area (Å²) in [6, 6.07) is 5.68. The minimum Gasteiger partial charge on any atom is -0.334 e. The van der Waals surface area contributed by atoms with Crippen LogP contribution < -0.4 is 4.72 Å². The number of sulfonamides is 1. The molecule has 3 rings (SSSR count). The number of imidazole rings is 1. The SMILES string of the molecule is CNS(=O)(=O)c1ccc(C)c(-c2cn(C3CC3)cn2)c1. The lowest BCUT2D eigenvalue weighted by atomic mass is 10.1. The minimum absolute atomic E-state index is 0.265. The maximum absolute atomic E-state index is 11.9. The molecule has 0 bridgehead atoms. The minimum atomic E-state index is -3.43. The molecule has 0 unspecified atom stereocenters. The first-order valence-corrected chi connectivity index (χ1v) is 8.07. The lowest BCUT2D eigenvalue weighted by Gasteiger charge is -2.07. The first kappa shape index (κ1) is 13.3. The van der Waals surface area contributed by atoms with E-state index < -0.39 is 10.0 Å². The fraction of sp³-hybridized carbons (Fsp3) is 0.357. The van der Waals surface area contributed by atoms with Crippen LogP contribution in [0.25, 0.3) is 11.3 Å². The zero-order valence-electron chi connectivity index (χ0n) is 11.5. The number of hydrogen-bond donors (Lipinski definition) is 1. The van der Waals surface area contributed by atoms with Gasteiger partial charge in [0.15, 0.2) is 0 Å². The van der Waals surface area contributed by atoms with E-state index in [4.69, 9.17) is 0 Å². The summed E-state index contributed by atoms with van der Waals surface area (Å²) in [5.41, 5.74) is 2.70. The summed E-state index contributed by atoms with van der Waals surface area (Å²) >= 11 is 0. The number of nitrogens with one attached hydrogen (secondary N) is 1. The van der Waals surface area contributed by atoms with Gasteiger partial charge in [0, 0.05) is 17.8 Å². The molecule has 1 heterocycles. The Balaban J connectivity index is 2.05. The van der Waals surface area contributed by atoms with Crippen molar-refractivity contribution in [3.8, 4) is 11.3 Å². The van der Waals surface area contributed by atoms with Gasteiger partial charge in [0.2, 0.25) is 10.0 Å². The van der Waals surface area contributed by atoms with Gasteiger partial charge in [-0.15, -0.1) is 0 Å². The largest absolute Gasteiger partial charge is 0.334 e. The Morgan fingerprint density at radius 3 is 2.75 bits per heavy atom. The highest BCUT2D eigenvalue weighted by Gasteiger charge is 2.24. The van der Waals surface area contributed by atoms with Gasteiger partial charge in [-0.2, -0.15) is 0 Å². The molecule has 0 spiro atoms. The zero-order chi connectivity index (χ0) is 14.3. The summed E-state index contributed by atoms with van der Waals surface area (Å²) in [5.74, 6) is 0. The van der Waals surface area contributed by atoms with Crippen LogP contribution in [0.2, 0.25) is 0 Å². The van der Waals surface area contributed by atoms with E-state index in [0.717, 1.165) is 16.8 Å². The zero-order valence-corrected chi connectivity index (χ0v) is 12.3. The third kappa shape index (κ3) is 2.36. The van der Waals surface area contributed by atoms with Gasteiger partial charge in [-0.25, -0.2) is 18.1 Å². The smallest absolute Gasteiger partial charge is 0.240 e. The number of hydrogen-bond acceptors (Lipinski definition) is 3. The van der Waals surface area contributed by atoms with Gasteiger partial charge in [0.25, 0.3) is 0 Å². The van der Waals surface area contributed by atoms with Crippen molar-refractivity contribution in [3.63, 3.8) is 0 Å². The van der Waals surface area contributed by atoms with Crippen LogP contribution in [-0.4, -0.2) is 25.0 Å². The number of benzene rings is 1. The molecular weight excluding hydrogens is 274 g/mol. The number of aromatic nitrogens is 2. The topological polar surface area (TPSA) is 64.0 Å². The summed E-state index contributed by atoms with van der Waals surface area (Å²) in [4.78, 5) is 4.67. The Labute approximate surface area is 118 Å². The van der Waals surface area contributed by atoms with E-state index in [1.807, 2.05) is 25.5 Å². The van der Waals surface area contributed by atoms with Crippen LogP contribution >= 0.6 is 0 Å². The summed E-state index contributed by atoms with van der Waals surface area (Å²) in [5, 5.41) is 0. The molecule has 5 nitrogen and oxygen atoms in total. The van der Waals surface area contributed by atoms with Gasteiger partial charge in [0.1, 0.15) is 0 Å².